The van der Waals surface area contributed by atoms with E-state index in [1.54, 1.807) is 4.68 Å². The van der Waals surface area contributed by atoms with Gasteiger partial charge in [0.15, 0.2) is 11.6 Å². The molecule has 2 N–H and O–H groups in total. The topological polar surface area (TPSA) is 95.7 Å². The maximum atomic E-state index is 5.78. The fourth-order valence-corrected chi connectivity index (χ4v) is 1.77. The molecule has 2 rings (SSSR count). The van der Waals surface area contributed by atoms with Crippen LogP contribution in [0.25, 0.3) is 0 Å². The van der Waals surface area contributed by atoms with E-state index in [1.165, 1.54) is 0 Å². The molecule has 0 saturated heterocycles. The Morgan fingerprint density at radius 1 is 1.22 bits per heavy atom. The van der Waals surface area contributed by atoms with Gasteiger partial charge >= 0.3 is 0 Å². The molecule has 0 saturated carbocycles. The molecule has 0 spiro atoms. The molecule has 0 aliphatic carbocycles. The summed E-state index contributed by atoms with van der Waals surface area (Å²) in [5.74, 6) is 1.76. The lowest BCUT2D eigenvalue weighted by atomic mass is 10.2. The molecule has 0 amide bonds. The standard InChI is InChI=1S/C11H18N6O/c1-3-5-8-11(12)14-16-17(8)7-9-13-10(6-4-2)18-15-9/h3-7,12H2,1-2H3. The van der Waals surface area contributed by atoms with E-state index in [9.17, 15) is 0 Å². The molecule has 0 atom stereocenters. The number of nitrogens with zero attached hydrogens (tertiary/aromatic N) is 5. The van der Waals surface area contributed by atoms with Crippen molar-refractivity contribution in [3.05, 3.63) is 17.4 Å². The molecule has 0 aliphatic rings. The fraction of sp³-hybridized carbons (Fsp3) is 0.636. The molecule has 98 valence electrons. The minimum Gasteiger partial charge on any atom is -0.381 e. The van der Waals surface area contributed by atoms with Crippen molar-refractivity contribution < 1.29 is 4.52 Å². The van der Waals surface area contributed by atoms with Gasteiger partial charge in [-0.15, -0.1) is 5.10 Å². The lowest BCUT2D eigenvalue weighted by Crippen LogP contribution is -2.08. The Hall–Kier alpha value is -1.92. The number of nitrogen functional groups attached to an aromatic ring is 1. The Morgan fingerprint density at radius 3 is 2.72 bits per heavy atom. The largest absolute Gasteiger partial charge is 0.381 e. The van der Waals surface area contributed by atoms with Crippen LogP contribution >= 0.6 is 0 Å². The van der Waals surface area contributed by atoms with E-state index in [0.29, 0.717) is 24.1 Å². The summed E-state index contributed by atoms with van der Waals surface area (Å²) in [5, 5.41) is 11.8. The quantitative estimate of drug-likeness (QED) is 0.827. The van der Waals surface area contributed by atoms with Crippen molar-refractivity contribution in [1.82, 2.24) is 25.1 Å². The fourth-order valence-electron chi connectivity index (χ4n) is 1.77. The Balaban J connectivity index is 2.12. The number of nitrogens with two attached hydrogens (primary N) is 1. The first-order valence-electron chi connectivity index (χ1n) is 6.23. The molecular formula is C11H18N6O. The average Bonchev–Trinajstić information content (AvgIpc) is 2.92. The second kappa shape index (κ2) is 5.61. The van der Waals surface area contributed by atoms with Crippen molar-refractivity contribution in [2.75, 3.05) is 5.73 Å². The predicted molar refractivity (Wildman–Crippen MR) is 65.8 cm³/mol. The van der Waals surface area contributed by atoms with Crippen LogP contribution in [-0.2, 0) is 19.4 Å². The molecule has 0 aromatic carbocycles. The van der Waals surface area contributed by atoms with Crippen LogP contribution in [0.4, 0.5) is 5.82 Å². The van der Waals surface area contributed by atoms with E-state index in [2.05, 4.69) is 34.3 Å². The molecule has 7 heteroatoms. The van der Waals surface area contributed by atoms with Gasteiger partial charge in [0.2, 0.25) is 5.89 Å². The number of hydrogen-bond donors (Lipinski definition) is 1. The zero-order valence-electron chi connectivity index (χ0n) is 10.8. The Bertz CT molecular complexity index is 503. The summed E-state index contributed by atoms with van der Waals surface area (Å²) >= 11 is 0. The van der Waals surface area contributed by atoms with Crippen LogP contribution < -0.4 is 5.73 Å². The second-order valence-electron chi connectivity index (χ2n) is 4.18. The zero-order chi connectivity index (χ0) is 13.0. The van der Waals surface area contributed by atoms with E-state index in [0.717, 1.165) is 31.4 Å². The monoisotopic (exact) mass is 250 g/mol. The number of rotatable bonds is 6. The lowest BCUT2D eigenvalue weighted by Gasteiger charge is -2.02. The number of hydrogen-bond acceptors (Lipinski definition) is 6. The lowest BCUT2D eigenvalue weighted by molar-refractivity contribution is 0.370. The third-order valence-corrected chi connectivity index (χ3v) is 2.62. The van der Waals surface area contributed by atoms with E-state index in [4.69, 9.17) is 10.3 Å². The minimum absolute atomic E-state index is 0.451. The van der Waals surface area contributed by atoms with Crippen molar-refractivity contribution in [3.63, 3.8) is 0 Å². The molecule has 0 fully saturated rings. The van der Waals surface area contributed by atoms with Gasteiger partial charge in [-0.3, -0.25) is 0 Å². The van der Waals surface area contributed by atoms with E-state index >= 15 is 0 Å². The summed E-state index contributed by atoms with van der Waals surface area (Å²) in [6.07, 6.45) is 3.62. The van der Waals surface area contributed by atoms with Crippen LogP contribution in [-0.4, -0.2) is 25.1 Å². The third kappa shape index (κ3) is 2.66. The SMILES string of the molecule is CCCc1nc(Cn2nnc(N)c2CCC)no1. The van der Waals surface area contributed by atoms with Gasteiger partial charge in [-0.1, -0.05) is 30.6 Å². The molecule has 0 radical (unpaired) electrons. The van der Waals surface area contributed by atoms with Crippen LogP contribution in [0.5, 0.6) is 0 Å². The first-order valence-corrected chi connectivity index (χ1v) is 6.23. The summed E-state index contributed by atoms with van der Waals surface area (Å²) in [6, 6.07) is 0. The van der Waals surface area contributed by atoms with Crippen LogP contribution in [0, 0.1) is 0 Å². The average molecular weight is 250 g/mol. The molecule has 2 heterocycles. The Morgan fingerprint density at radius 2 is 2.00 bits per heavy atom. The highest BCUT2D eigenvalue weighted by Gasteiger charge is 2.12. The van der Waals surface area contributed by atoms with Gasteiger partial charge in [0.1, 0.15) is 6.54 Å². The number of aromatic nitrogens is 5. The summed E-state index contributed by atoms with van der Waals surface area (Å²) in [6.45, 7) is 4.61. The van der Waals surface area contributed by atoms with Crippen molar-refractivity contribution in [3.8, 4) is 0 Å². The summed E-state index contributed by atoms with van der Waals surface area (Å²) in [4.78, 5) is 4.30. The smallest absolute Gasteiger partial charge is 0.226 e. The summed E-state index contributed by atoms with van der Waals surface area (Å²) in [5.41, 5.74) is 6.71. The Kier molecular flexibility index (Phi) is 3.91. The maximum Gasteiger partial charge on any atom is 0.226 e. The van der Waals surface area contributed by atoms with Gasteiger partial charge in [-0.2, -0.15) is 4.98 Å². The first kappa shape index (κ1) is 12.5. The highest BCUT2D eigenvalue weighted by Crippen LogP contribution is 2.11. The van der Waals surface area contributed by atoms with Crippen LogP contribution in [0.3, 0.4) is 0 Å². The van der Waals surface area contributed by atoms with Gasteiger partial charge in [0.05, 0.1) is 5.69 Å². The van der Waals surface area contributed by atoms with Crippen molar-refractivity contribution in [2.45, 2.75) is 46.1 Å². The minimum atomic E-state index is 0.451. The van der Waals surface area contributed by atoms with Crippen LogP contribution in [0.1, 0.15) is 44.1 Å². The highest BCUT2D eigenvalue weighted by atomic mass is 16.5. The van der Waals surface area contributed by atoms with Crippen molar-refractivity contribution in [1.29, 1.82) is 0 Å². The molecular weight excluding hydrogens is 232 g/mol. The van der Waals surface area contributed by atoms with Crippen LogP contribution in [0.15, 0.2) is 4.52 Å². The normalized spacial score (nSPS) is 11.0. The molecule has 2 aromatic rings. The van der Waals surface area contributed by atoms with E-state index in [1.807, 2.05) is 0 Å². The summed E-state index contributed by atoms with van der Waals surface area (Å²) in [7, 11) is 0. The molecule has 7 nitrogen and oxygen atoms in total. The maximum absolute atomic E-state index is 5.78. The number of anilines is 1. The van der Waals surface area contributed by atoms with E-state index < -0.39 is 0 Å². The molecule has 18 heavy (non-hydrogen) atoms. The Labute approximate surface area is 105 Å². The summed E-state index contributed by atoms with van der Waals surface area (Å²) < 4.78 is 6.87. The molecule has 2 aromatic heterocycles. The molecule has 0 bridgehead atoms. The number of aryl methyl sites for hydroxylation is 1. The molecule has 0 aliphatic heterocycles. The van der Waals surface area contributed by atoms with Gasteiger partial charge < -0.3 is 10.3 Å². The molecule has 0 unspecified atom stereocenters. The van der Waals surface area contributed by atoms with Crippen LogP contribution in [0.2, 0.25) is 0 Å². The van der Waals surface area contributed by atoms with Gasteiger partial charge in [-0.05, 0) is 12.8 Å². The predicted octanol–water partition coefficient (Wildman–Crippen LogP) is 1.20. The first-order chi connectivity index (χ1) is 8.74. The van der Waals surface area contributed by atoms with E-state index in [-0.39, 0.29) is 0 Å². The van der Waals surface area contributed by atoms with Gasteiger partial charge in [0, 0.05) is 6.42 Å². The highest BCUT2D eigenvalue weighted by molar-refractivity contribution is 5.33. The van der Waals surface area contributed by atoms with Crippen molar-refractivity contribution in [2.24, 2.45) is 0 Å². The van der Waals surface area contributed by atoms with Crippen molar-refractivity contribution >= 4 is 5.82 Å². The zero-order valence-corrected chi connectivity index (χ0v) is 10.8. The van der Waals surface area contributed by atoms with Gasteiger partial charge in [-0.25, -0.2) is 4.68 Å². The van der Waals surface area contributed by atoms with Gasteiger partial charge in [0.25, 0.3) is 0 Å². The third-order valence-electron chi connectivity index (χ3n) is 2.62. The second-order valence-corrected chi connectivity index (χ2v) is 4.18.